The lowest BCUT2D eigenvalue weighted by Crippen LogP contribution is -2.49. The van der Waals surface area contributed by atoms with Crippen LogP contribution in [0.4, 0.5) is 17.5 Å². The number of hydrogen-bond acceptors (Lipinski definition) is 7. The molecule has 28 heavy (non-hydrogen) atoms. The molecule has 1 N–H and O–H groups in total. The number of halogens is 1. The van der Waals surface area contributed by atoms with E-state index in [1.807, 2.05) is 29.2 Å². The maximum absolute atomic E-state index is 12.7. The van der Waals surface area contributed by atoms with Gasteiger partial charge in [0.05, 0.1) is 5.56 Å². The van der Waals surface area contributed by atoms with Crippen molar-refractivity contribution in [2.24, 2.45) is 0 Å². The lowest BCUT2D eigenvalue weighted by Gasteiger charge is -2.35. The highest BCUT2D eigenvalue weighted by atomic mass is 79.9. The van der Waals surface area contributed by atoms with Crippen molar-refractivity contribution in [1.29, 1.82) is 0 Å². The summed E-state index contributed by atoms with van der Waals surface area (Å²) < 4.78 is 0.797. The Morgan fingerprint density at radius 3 is 2.61 bits per heavy atom. The van der Waals surface area contributed by atoms with Crippen LogP contribution in [0.2, 0.25) is 0 Å². The minimum absolute atomic E-state index is 0.00588. The third-order valence-corrected chi connectivity index (χ3v) is 4.85. The largest absolute Gasteiger partial charge is 0.353 e. The van der Waals surface area contributed by atoms with Gasteiger partial charge in [0, 0.05) is 55.3 Å². The summed E-state index contributed by atoms with van der Waals surface area (Å²) in [5.41, 5.74) is 0.590. The fraction of sp³-hybridized carbons (Fsp3) is 0.211. The number of anilines is 3. The average molecular weight is 440 g/mol. The summed E-state index contributed by atoms with van der Waals surface area (Å²) in [6.45, 7) is 2.65. The number of piperazine rings is 1. The first-order valence-electron chi connectivity index (χ1n) is 8.84. The van der Waals surface area contributed by atoms with E-state index in [0.717, 1.165) is 16.1 Å². The zero-order valence-corrected chi connectivity index (χ0v) is 16.6. The molecule has 142 valence electrons. The normalized spacial score (nSPS) is 14.0. The quantitative estimate of drug-likeness (QED) is 0.668. The van der Waals surface area contributed by atoms with Crippen LogP contribution >= 0.6 is 15.9 Å². The van der Waals surface area contributed by atoms with Crippen molar-refractivity contribution in [1.82, 2.24) is 24.8 Å². The van der Waals surface area contributed by atoms with E-state index in [4.69, 9.17) is 0 Å². The smallest absolute Gasteiger partial charge is 0.255 e. The zero-order chi connectivity index (χ0) is 19.3. The summed E-state index contributed by atoms with van der Waals surface area (Å²) >= 11 is 3.36. The van der Waals surface area contributed by atoms with Gasteiger partial charge in [0.25, 0.3) is 5.91 Å². The van der Waals surface area contributed by atoms with E-state index in [2.05, 4.69) is 46.1 Å². The van der Waals surface area contributed by atoms with E-state index < -0.39 is 0 Å². The predicted molar refractivity (Wildman–Crippen MR) is 110 cm³/mol. The Morgan fingerprint density at radius 1 is 1.00 bits per heavy atom. The first-order valence-corrected chi connectivity index (χ1v) is 9.63. The van der Waals surface area contributed by atoms with Crippen molar-refractivity contribution in [2.75, 3.05) is 36.4 Å². The third kappa shape index (κ3) is 4.25. The monoisotopic (exact) mass is 439 g/mol. The summed E-state index contributed by atoms with van der Waals surface area (Å²) in [5, 5.41) is 3.17. The van der Waals surface area contributed by atoms with E-state index in [0.29, 0.717) is 37.6 Å². The first-order chi connectivity index (χ1) is 13.7. The van der Waals surface area contributed by atoms with E-state index in [1.165, 1.54) is 6.33 Å². The Labute approximate surface area is 170 Å². The Morgan fingerprint density at radius 2 is 1.86 bits per heavy atom. The van der Waals surface area contributed by atoms with Gasteiger partial charge in [-0.15, -0.1) is 0 Å². The number of nitrogens with zero attached hydrogens (tertiary/aromatic N) is 6. The summed E-state index contributed by atoms with van der Waals surface area (Å²) in [6, 6.07) is 9.34. The molecular weight excluding hydrogens is 422 g/mol. The molecule has 1 aliphatic rings. The Bertz CT molecular complexity index is 961. The fourth-order valence-corrected chi connectivity index (χ4v) is 3.37. The van der Waals surface area contributed by atoms with Crippen LogP contribution in [0.15, 0.2) is 59.7 Å². The molecule has 3 aromatic rings. The first kappa shape index (κ1) is 18.3. The number of nitrogens with one attached hydrogen (secondary N) is 1. The Balaban J connectivity index is 1.40. The number of carbonyl (C=O) groups is 1. The lowest BCUT2D eigenvalue weighted by atomic mass is 10.2. The van der Waals surface area contributed by atoms with Gasteiger partial charge in [-0.3, -0.25) is 9.78 Å². The summed E-state index contributed by atoms with van der Waals surface area (Å²) in [6.07, 6.45) is 6.52. The second kappa shape index (κ2) is 8.30. The highest BCUT2D eigenvalue weighted by Gasteiger charge is 2.23. The van der Waals surface area contributed by atoms with Crippen LogP contribution in [0.25, 0.3) is 0 Å². The van der Waals surface area contributed by atoms with Crippen LogP contribution in [0, 0.1) is 0 Å². The lowest BCUT2D eigenvalue weighted by molar-refractivity contribution is 0.0746. The molecular formula is C19H18BrN7O. The molecule has 0 saturated carbocycles. The van der Waals surface area contributed by atoms with Gasteiger partial charge >= 0.3 is 0 Å². The van der Waals surface area contributed by atoms with Crippen LogP contribution in [0.3, 0.4) is 0 Å². The molecule has 1 aliphatic heterocycles. The maximum atomic E-state index is 12.7. The summed E-state index contributed by atoms with van der Waals surface area (Å²) in [7, 11) is 0. The standard InChI is InChI=1S/C19H18BrN7O/c20-15-9-14(11-21-12-15)19(28)27-7-5-26(6-8-27)18-10-17(23-13-24-18)25-16-3-1-2-4-22-16/h1-4,9-13H,5-8H2,(H,22,23,24,25). The summed E-state index contributed by atoms with van der Waals surface area (Å²) in [4.78, 5) is 33.6. The molecule has 9 heteroatoms. The van der Waals surface area contributed by atoms with Crippen molar-refractivity contribution in [3.8, 4) is 0 Å². The van der Waals surface area contributed by atoms with Gasteiger partial charge in [-0.1, -0.05) is 6.07 Å². The van der Waals surface area contributed by atoms with Gasteiger partial charge in [0.15, 0.2) is 0 Å². The third-order valence-electron chi connectivity index (χ3n) is 4.42. The highest BCUT2D eigenvalue weighted by Crippen LogP contribution is 2.19. The molecule has 0 aliphatic carbocycles. The van der Waals surface area contributed by atoms with Gasteiger partial charge in [0.2, 0.25) is 0 Å². The molecule has 0 bridgehead atoms. The molecule has 4 rings (SSSR count). The van der Waals surface area contributed by atoms with Crippen LogP contribution in [-0.4, -0.2) is 56.9 Å². The van der Waals surface area contributed by atoms with Crippen molar-refractivity contribution in [3.05, 3.63) is 65.3 Å². The van der Waals surface area contributed by atoms with Crippen molar-refractivity contribution < 1.29 is 4.79 Å². The van der Waals surface area contributed by atoms with E-state index in [9.17, 15) is 4.79 Å². The van der Waals surface area contributed by atoms with Gasteiger partial charge in [-0.05, 0) is 34.1 Å². The molecule has 1 fully saturated rings. The number of rotatable bonds is 4. The van der Waals surface area contributed by atoms with E-state index in [-0.39, 0.29) is 5.91 Å². The Hall–Kier alpha value is -3.07. The maximum Gasteiger partial charge on any atom is 0.255 e. The van der Waals surface area contributed by atoms with E-state index >= 15 is 0 Å². The minimum atomic E-state index is -0.00588. The number of hydrogen-bond donors (Lipinski definition) is 1. The molecule has 3 aromatic heterocycles. The number of aromatic nitrogens is 4. The van der Waals surface area contributed by atoms with Gasteiger partial charge in [-0.25, -0.2) is 15.0 Å². The molecule has 0 unspecified atom stereocenters. The van der Waals surface area contributed by atoms with Crippen LogP contribution in [0.5, 0.6) is 0 Å². The van der Waals surface area contributed by atoms with Gasteiger partial charge in [-0.2, -0.15) is 0 Å². The van der Waals surface area contributed by atoms with E-state index in [1.54, 1.807) is 24.7 Å². The SMILES string of the molecule is O=C(c1cncc(Br)c1)N1CCN(c2cc(Nc3ccccn3)ncn2)CC1. The van der Waals surface area contributed by atoms with Crippen LogP contribution in [-0.2, 0) is 0 Å². The molecule has 4 heterocycles. The molecule has 1 amide bonds. The van der Waals surface area contributed by atoms with Crippen LogP contribution < -0.4 is 10.2 Å². The van der Waals surface area contributed by atoms with Crippen molar-refractivity contribution in [3.63, 3.8) is 0 Å². The average Bonchev–Trinajstić information content (AvgIpc) is 2.74. The molecule has 8 nitrogen and oxygen atoms in total. The predicted octanol–water partition coefficient (Wildman–Crippen LogP) is 2.74. The van der Waals surface area contributed by atoms with Crippen molar-refractivity contribution in [2.45, 2.75) is 0 Å². The number of amides is 1. The van der Waals surface area contributed by atoms with Gasteiger partial charge < -0.3 is 15.1 Å². The summed E-state index contributed by atoms with van der Waals surface area (Å²) in [5.74, 6) is 2.23. The molecule has 0 spiro atoms. The topological polar surface area (TPSA) is 87.1 Å². The number of carbonyl (C=O) groups excluding carboxylic acids is 1. The molecule has 0 atom stereocenters. The minimum Gasteiger partial charge on any atom is -0.353 e. The second-order valence-corrected chi connectivity index (χ2v) is 7.19. The molecule has 1 saturated heterocycles. The van der Waals surface area contributed by atoms with Crippen molar-refractivity contribution >= 4 is 39.3 Å². The van der Waals surface area contributed by atoms with Gasteiger partial charge in [0.1, 0.15) is 23.8 Å². The molecule has 0 radical (unpaired) electrons. The highest BCUT2D eigenvalue weighted by molar-refractivity contribution is 9.10. The van der Waals surface area contributed by atoms with Crippen LogP contribution in [0.1, 0.15) is 10.4 Å². The molecule has 0 aromatic carbocycles. The second-order valence-electron chi connectivity index (χ2n) is 6.27. The zero-order valence-electron chi connectivity index (χ0n) is 15.0. The number of pyridine rings is 2. The fourth-order valence-electron chi connectivity index (χ4n) is 3.01. The Kier molecular flexibility index (Phi) is 5.43.